The fourth-order valence-corrected chi connectivity index (χ4v) is 3.06. The van der Waals surface area contributed by atoms with Gasteiger partial charge in [-0.2, -0.15) is 0 Å². The van der Waals surface area contributed by atoms with E-state index < -0.39 is 19.1 Å². The van der Waals surface area contributed by atoms with Crippen LogP contribution < -0.4 is 5.32 Å². The number of pyridine rings is 1. The highest BCUT2D eigenvalue weighted by molar-refractivity contribution is 5.82. The molecule has 0 aliphatic carbocycles. The average molecular weight is 387 g/mol. The molecule has 4 rings (SSSR count). The van der Waals surface area contributed by atoms with E-state index in [9.17, 15) is 13.9 Å². The number of nitrogens with one attached hydrogen (secondary N) is 1. The first-order chi connectivity index (χ1) is 13.4. The molecule has 0 amide bonds. The number of anilines is 1. The number of aromatic nitrogens is 6. The van der Waals surface area contributed by atoms with Crippen LogP contribution in [0.2, 0.25) is 0 Å². The second kappa shape index (κ2) is 7.12. The van der Waals surface area contributed by atoms with E-state index in [2.05, 4.69) is 25.4 Å². The summed E-state index contributed by atoms with van der Waals surface area (Å²) < 4.78 is 28.9. The number of aliphatic hydroxyl groups excluding tert-OH is 1. The van der Waals surface area contributed by atoms with E-state index in [4.69, 9.17) is 0 Å². The van der Waals surface area contributed by atoms with Gasteiger partial charge < -0.3 is 15.0 Å². The molecule has 2 N–H and O–H groups in total. The largest absolute Gasteiger partial charge is 0.392 e. The molecule has 0 spiro atoms. The lowest BCUT2D eigenvalue weighted by Gasteiger charge is -2.07. The lowest BCUT2D eigenvalue weighted by Crippen LogP contribution is -2.17. The Morgan fingerprint density at radius 1 is 1.21 bits per heavy atom. The van der Waals surface area contributed by atoms with Gasteiger partial charge in [0.25, 0.3) is 6.43 Å². The Labute approximate surface area is 158 Å². The summed E-state index contributed by atoms with van der Waals surface area (Å²) in [7, 11) is 0. The molecule has 146 valence electrons. The molecule has 8 nitrogen and oxygen atoms in total. The molecule has 0 saturated heterocycles. The number of imidazole rings is 1. The van der Waals surface area contributed by atoms with Crippen LogP contribution in [0.1, 0.15) is 12.7 Å². The van der Waals surface area contributed by atoms with E-state index in [1.807, 2.05) is 6.07 Å². The SMILES string of the molecule is Cc1nc2ccc(-c3ccn4nc(NC[C@H](C)O)ncc34)nc2n1CC(F)F. The first-order valence-corrected chi connectivity index (χ1v) is 8.81. The van der Waals surface area contributed by atoms with Crippen molar-refractivity contribution in [2.75, 3.05) is 11.9 Å². The van der Waals surface area contributed by atoms with Gasteiger partial charge >= 0.3 is 0 Å². The molecule has 4 heterocycles. The van der Waals surface area contributed by atoms with E-state index in [1.54, 1.807) is 42.9 Å². The van der Waals surface area contributed by atoms with Crippen LogP contribution in [0.4, 0.5) is 14.7 Å². The van der Waals surface area contributed by atoms with Crippen molar-refractivity contribution in [3.05, 3.63) is 36.4 Å². The predicted octanol–water partition coefficient (Wildman–Crippen LogP) is 2.51. The van der Waals surface area contributed by atoms with Gasteiger partial charge in [0.2, 0.25) is 5.95 Å². The first kappa shape index (κ1) is 18.2. The zero-order valence-electron chi connectivity index (χ0n) is 15.3. The van der Waals surface area contributed by atoms with Crippen molar-refractivity contribution in [3.8, 4) is 11.3 Å². The Morgan fingerprint density at radius 3 is 2.79 bits per heavy atom. The molecule has 0 fully saturated rings. The number of hydrogen-bond acceptors (Lipinski definition) is 6. The maximum absolute atomic E-state index is 12.9. The molecule has 28 heavy (non-hydrogen) atoms. The summed E-state index contributed by atoms with van der Waals surface area (Å²) in [6.07, 6.45) is 0.420. The summed E-state index contributed by atoms with van der Waals surface area (Å²) in [4.78, 5) is 13.1. The lowest BCUT2D eigenvalue weighted by molar-refractivity contribution is 0.127. The fraction of sp³-hybridized carbons (Fsp3) is 0.333. The summed E-state index contributed by atoms with van der Waals surface area (Å²) in [5.74, 6) is 0.892. The highest BCUT2D eigenvalue weighted by Crippen LogP contribution is 2.26. The van der Waals surface area contributed by atoms with Crippen molar-refractivity contribution in [2.24, 2.45) is 0 Å². The fourth-order valence-electron chi connectivity index (χ4n) is 3.06. The summed E-state index contributed by atoms with van der Waals surface area (Å²) in [6.45, 7) is 3.25. The number of aliphatic hydroxyl groups is 1. The van der Waals surface area contributed by atoms with Gasteiger partial charge in [-0.3, -0.25) is 0 Å². The number of alkyl halides is 2. The maximum atomic E-state index is 12.9. The molecule has 10 heteroatoms. The van der Waals surface area contributed by atoms with Crippen LogP contribution in [0.25, 0.3) is 27.9 Å². The molecule has 0 bridgehead atoms. The number of rotatable bonds is 6. The summed E-state index contributed by atoms with van der Waals surface area (Å²) in [6, 6.07) is 5.42. The van der Waals surface area contributed by atoms with Crippen molar-refractivity contribution in [1.29, 1.82) is 0 Å². The molecule has 0 aliphatic heterocycles. The van der Waals surface area contributed by atoms with E-state index in [0.717, 1.165) is 11.1 Å². The van der Waals surface area contributed by atoms with Gasteiger partial charge in [-0.25, -0.2) is 28.2 Å². The van der Waals surface area contributed by atoms with E-state index in [1.165, 1.54) is 4.57 Å². The third kappa shape index (κ3) is 3.38. The molecule has 1 atom stereocenters. The minimum Gasteiger partial charge on any atom is -0.392 e. The van der Waals surface area contributed by atoms with Gasteiger partial charge in [0.15, 0.2) is 5.65 Å². The van der Waals surface area contributed by atoms with Crippen LogP contribution in [0.15, 0.2) is 30.6 Å². The second-order valence-electron chi connectivity index (χ2n) is 6.57. The monoisotopic (exact) mass is 387 g/mol. The Morgan fingerprint density at radius 2 is 2.04 bits per heavy atom. The molecule has 0 unspecified atom stereocenters. The summed E-state index contributed by atoms with van der Waals surface area (Å²) in [5, 5.41) is 16.7. The number of halogens is 2. The number of fused-ring (bicyclic) bond motifs is 2. The minimum absolute atomic E-state index is 0.339. The zero-order valence-corrected chi connectivity index (χ0v) is 15.3. The van der Waals surface area contributed by atoms with Crippen LogP contribution in [0.3, 0.4) is 0 Å². The highest BCUT2D eigenvalue weighted by atomic mass is 19.3. The standard InChI is InChI=1S/C18H19F2N7O/c1-10(28)7-21-18-22-8-15-12(5-6-27(15)25-18)13-3-4-14-17(24-13)26(9-16(19)20)11(2)23-14/h3-6,8,10,16,28H,7,9H2,1-2H3,(H,21,25)/t10-/m0/s1. The topological polar surface area (TPSA) is 93.2 Å². The average Bonchev–Trinajstić information content (AvgIpc) is 3.20. The first-order valence-electron chi connectivity index (χ1n) is 8.81. The molecule has 0 radical (unpaired) electrons. The second-order valence-corrected chi connectivity index (χ2v) is 6.57. The van der Waals surface area contributed by atoms with E-state index in [0.29, 0.717) is 35.2 Å². The lowest BCUT2D eigenvalue weighted by atomic mass is 10.2. The van der Waals surface area contributed by atoms with E-state index >= 15 is 0 Å². The molecule has 4 aromatic rings. The minimum atomic E-state index is -2.49. The molecule has 0 aliphatic rings. The normalized spacial score (nSPS) is 12.9. The van der Waals surface area contributed by atoms with Gasteiger partial charge in [-0.05, 0) is 32.0 Å². The van der Waals surface area contributed by atoms with Gasteiger partial charge in [-0.1, -0.05) is 0 Å². The summed E-state index contributed by atoms with van der Waals surface area (Å²) >= 11 is 0. The van der Waals surface area contributed by atoms with Crippen molar-refractivity contribution in [3.63, 3.8) is 0 Å². The third-order valence-electron chi connectivity index (χ3n) is 4.35. The van der Waals surface area contributed by atoms with E-state index in [-0.39, 0.29) is 0 Å². The quantitative estimate of drug-likeness (QED) is 0.528. The van der Waals surface area contributed by atoms with Crippen LogP contribution in [0.5, 0.6) is 0 Å². The molecular formula is C18H19F2N7O. The Hall–Kier alpha value is -3.14. The van der Waals surface area contributed by atoms with Crippen molar-refractivity contribution >= 4 is 22.6 Å². The zero-order chi connectivity index (χ0) is 19.8. The van der Waals surface area contributed by atoms with Crippen LogP contribution in [-0.2, 0) is 6.54 Å². The van der Waals surface area contributed by atoms with Crippen molar-refractivity contribution in [2.45, 2.75) is 32.9 Å². The van der Waals surface area contributed by atoms with Gasteiger partial charge in [0.05, 0.1) is 30.1 Å². The predicted molar refractivity (Wildman–Crippen MR) is 100 cm³/mol. The van der Waals surface area contributed by atoms with Crippen molar-refractivity contribution < 1.29 is 13.9 Å². The third-order valence-corrected chi connectivity index (χ3v) is 4.35. The number of aryl methyl sites for hydroxylation is 1. The van der Waals surface area contributed by atoms with Gasteiger partial charge in [-0.15, -0.1) is 5.10 Å². The Balaban J connectivity index is 1.74. The van der Waals surface area contributed by atoms with Gasteiger partial charge in [0.1, 0.15) is 11.3 Å². The summed E-state index contributed by atoms with van der Waals surface area (Å²) in [5.41, 5.74) is 3.13. The number of nitrogens with zero attached hydrogens (tertiary/aromatic N) is 6. The molecule has 0 saturated carbocycles. The van der Waals surface area contributed by atoms with Crippen LogP contribution in [-0.4, -0.2) is 53.3 Å². The van der Waals surface area contributed by atoms with Crippen molar-refractivity contribution in [1.82, 2.24) is 29.1 Å². The smallest absolute Gasteiger partial charge is 0.256 e. The highest BCUT2D eigenvalue weighted by Gasteiger charge is 2.16. The van der Waals surface area contributed by atoms with Gasteiger partial charge in [0, 0.05) is 18.3 Å². The maximum Gasteiger partial charge on any atom is 0.256 e. The molecular weight excluding hydrogens is 368 g/mol. The van der Waals surface area contributed by atoms with Crippen LogP contribution >= 0.6 is 0 Å². The number of hydrogen-bond donors (Lipinski definition) is 2. The molecule has 4 aromatic heterocycles. The molecule has 0 aromatic carbocycles. The Kier molecular flexibility index (Phi) is 4.63. The Bertz CT molecular complexity index is 1140. The van der Waals surface area contributed by atoms with Crippen LogP contribution in [0, 0.1) is 6.92 Å².